The van der Waals surface area contributed by atoms with Gasteiger partial charge in [0.1, 0.15) is 6.61 Å². The minimum atomic E-state index is -1.07. The Morgan fingerprint density at radius 2 is 1.79 bits per heavy atom. The smallest absolute Gasteiger partial charge is 0.317 e. The highest BCUT2D eigenvalue weighted by Gasteiger charge is 2.58. The number of carboxylic acids is 2. The van der Waals surface area contributed by atoms with E-state index >= 15 is 0 Å². The lowest BCUT2D eigenvalue weighted by atomic mass is 9.47. The predicted molar refractivity (Wildman–Crippen MR) is 123 cm³/mol. The molecule has 0 aromatic carbocycles. The maximum absolute atomic E-state index is 10.9. The summed E-state index contributed by atoms with van der Waals surface area (Å²) in [6, 6.07) is 0. The van der Waals surface area contributed by atoms with E-state index in [9.17, 15) is 14.7 Å². The molecule has 33 heavy (non-hydrogen) atoms. The van der Waals surface area contributed by atoms with Crippen molar-refractivity contribution in [2.75, 3.05) is 26.2 Å². The highest BCUT2D eigenvalue weighted by molar-refractivity contribution is 5.96. The monoisotopic (exact) mass is 462 g/mol. The summed E-state index contributed by atoms with van der Waals surface area (Å²) in [4.78, 5) is 28.6. The zero-order valence-corrected chi connectivity index (χ0v) is 19.8. The van der Waals surface area contributed by atoms with Crippen LogP contribution in [0.5, 0.6) is 0 Å². The van der Waals surface area contributed by atoms with Crippen LogP contribution < -0.4 is 0 Å². The molecule has 184 valence electrons. The molecule has 0 radical (unpaired) electrons. The van der Waals surface area contributed by atoms with Crippen molar-refractivity contribution in [2.45, 2.75) is 71.3 Å². The summed E-state index contributed by atoms with van der Waals surface area (Å²) in [5, 5.41) is 32.8. The third-order valence-corrected chi connectivity index (χ3v) is 9.33. The topological polar surface area (TPSA) is 120 Å². The van der Waals surface area contributed by atoms with Gasteiger partial charge in [0.05, 0.1) is 24.9 Å². The van der Waals surface area contributed by atoms with E-state index in [1.807, 2.05) is 0 Å². The molecule has 0 spiro atoms. The molecule has 4 aliphatic rings. The molecule has 0 aliphatic heterocycles. The molecule has 3 N–H and O–H groups in total. The zero-order valence-electron chi connectivity index (χ0n) is 19.8. The summed E-state index contributed by atoms with van der Waals surface area (Å²) >= 11 is 0. The second-order valence-electron chi connectivity index (χ2n) is 11.1. The first-order valence-corrected chi connectivity index (χ1v) is 12.4. The number of carbonyl (C=O) groups is 2. The summed E-state index contributed by atoms with van der Waals surface area (Å²) in [6.07, 6.45) is 10.7. The number of allylic oxidation sites excluding steroid dienone is 2. The van der Waals surface area contributed by atoms with E-state index in [-0.39, 0.29) is 43.2 Å². The van der Waals surface area contributed by atoms with Gasteiger partial charge in [0.15, 0.2) is 0 Å². The number of oxime groups is 1. The van der Waals surface area contributed by atoms with Crippen molar-refractivity contribution in [2.24, 2.45) is 33.7 Å². The van der Waals surface area contributed by atoms with Crippen LogP contribution in [-0.2, 0) is 14.4 Å². The van der Waals surface area contributed by atoms with E-state index in [0.717, 1.165) is 44.2 Å². The summed E-state index contributed by atoms with van der Waals surface area (Å²) in [5.41, 5.74) is 2.68. The van der Waals surface area contributed by atoms with Crippen molar-refractivity contribution < 1.29 is 29.7 Å². The summed E-state index contributed by atoms with van der Waals surface area (Å²) in [7, 11) is 0. The van der Waals surface area contributed by atoms with Crippen LogP contribution in [0.4, 0.5) is 0 Å². The van der Waals surface area contributed by atoms with Gasteiger partial charge >= 0.3 is 11.9 Å². The SMILES string of the molecule is C[C@]12CC[C@H]3[C@@H](CCC4=C/C(=N/OCCN(CC(=O)O)CC(=O)O)CC[C@@]43C)[C@@H]1CC[C@@H]2O. The Bertz CT molecular complexity index is 825. The van der Waals surface area contributed by atoms with Crippen LogP contribution in [0.15, 0.2) is 16.8 Å². The summed E-state index contributed by atoms with van der Waals surface area (Å²) in [5.74, 6) is -0.118. The van der Waals surface area contributed by atoms with Gasteiger partial charge in [-0.25, -0.2) is 0 Å². The first kappa shape index (κ1) is 24.2. The van der Waals surface area contributed by atoms with E-state index in [2.05, 4.69) is 25.1 Å². The van der Waals surface area contributed by atoms with Gasteiger partial charge in [-0.3, -0.25) is 14.5 Å². The second-order valence-corrected chi connectivity index (χ2v) is 11.1. The molecule has 0 heterocycles. The minimum absolute atomic E-state index is 0.100. The largest absolute Gasteiger partial charge is 0.480 e. The van der Waals surface area contributed by atoms with Crippen LogP contribution in [0.1, 0.15) is 65.2 Å². The van der Waals surface area contributed by atoms with Gasteiger partial charge in [-0.15, -0.1) is 0 Å². The standard InChI is InChI=1S/C25H38N2O6/c1-24-9-7-17(26-33-12-11-27(14-22(29)30)15-23(31)32)13-16(24)3-4-18-19-5-6-21(28)25(19,2)10-8-20(18)24/h13,18-21,28H,3-12,14-15H2,1-2H3,(H,29,30)(H,31,32)/b26-17+/t18-,19-,20-,21-,24-,25-/m0/s1. The number of rotatable bonds is 8. The van der Waals surface area contributed by atoms with Crippen LogP contribution in [-0.4, -0.2) is 70.2 Å². The number of aliphatic carboxylic acids is 2. The Morgan fingerprint density at radius 1 is 1.06 bits per heavy atom. The molecular formula is C25H38N2O6. The number of aliphatic hydroxyl groups excluding tert-OH is 1. The molecule has 4 rings (SSSR count). The molecule has 8 heteroatoms. The molecule has 0 aromatic heterocycles. The fourth-order valence-corrected chi connectivity index (χ4v) is 7.51. The van der Waals surface area contributed by atoms with Crippen molar-refractivity contribution in [1.29, 1.82) is 0 Å². The lowest BCUT2D eigenvalue weighted by Gasteiger charge is -2.57. The fraction of sp³-hybridized carbons (Fsp3) is 0.800. The first-order chi connectivity index (χ1) is 15.6. The predicted octanol–water partition coefficient (Wildman–Crippen LogP) is 3.15. The van der Waals surface area contributed by atoms with E-state index in [1.54, 1.807) is 0 Å². The highest BCUT2D eigenvalue weighted by atomic mass is 16.6. The maximum Gasteiger partial charge on any atom is 0.317 e. The average molecular weight is 463 g/mol. The molecule has 0 bridgehead atoms. The number of hydrogen-bond acceptors (Lipinski definition) is 6. The van der Waals surface area contributed by atoms with E-state index in [1.165, 1.54) is 23.3 Å². The molecule has 0 unspecified atom stereocenters. The van der Waals surface area contributed by atoms with Gasteiger partial charge < -0.3 is 20.2 Å². The fourth-order valence-electron chi connectivity index (χ4n) is 7.51. The molecule has 4 aliphatic carbocycles. The van der Waals surface area contributed by atoms with Crippen LogP contribution in [0, 0.1) is 28.6 Å². The molecule has 8 nitrogen and oxygen atoms in total. The quantitative estimate of drug-likeness (QED) is 0.374. The number of hydrogen-bond donors (Lipinski definition) is 3. The number of aliphatic hydroxyl groups is 1. The Balaban J connectivity index is 1.37. The van der Waals surface area contributed by atoms with E-state index in [4.69, 9.17) is 15.1 Å². The number of carboxylic acid groups (broad SMARTS) is 2. The molecule has 0 amide bonds. The van der Waals surface area contributed by atoms with Gasteiger partial charge in [-0.05, 0) is 86.0 Å². The van der Waals surface area contributed by atoms with Gasteiger partial charge in [0, 0.05) is 6.54 Å². The van der Waals surface area contributed by atoms with Gasteiger partial charge in [-0.1, -0.05) is 24.6 Å². The molecule has 3 saturated carbocycles. The van der Waals surface area contributed by atoms with Gasteiger partial charge in [0.2, 0.25) is 0 Å². The normalized spacial score (nSPS) is 38.9. The second kappa shape index (κ2) is 9.37. The van der Waals surface area contributed by atoms with E-state index in [0.29, 0.717) is 17.8 Å². The third-order valence-electron chi connectivity index (χ3n) is 9.33. The van der Waals surface area contributed by atoms with Crippen molar-refractivity contribution in [3.63, 3.8) is 0 Å². The number of fused-ring (bicyclic) bond motifs is 5. The maximum atomic E-state index is 10.9. The Morgan fingerprint density at radius 3 is 2.48 bits per heavy atom. The lowest BCUT2D eigenvalue weighted by Crippen LogP contribution is -2.51. The average Bonchev–Trinajstić information content (AvgIpc) is 3.05. The van der Waals surface area contributed by atoms with Crippen LogP contribution >= 0.6 is 0 Å². The molecule has 6 atom stereocenters. The van der Waals surface area contributed by atoms with Crippen molar-refractivity contribution >= 4 is 17.7 Å². The highest BCUT2D eigenvalue weighted by Crippen LogP contribution is 2.65. The lowest BCUT2D eigenvalue weighted by molar-refractivity contribution is -0.142. The first-order valence-electron chi connectivity index (χ1n) is 12.4. The summed E-state index contributed by atoms with van der Waals surface area (Å²) in [6.45, 7) is 4.41. The minimum Gasteiger partial charge on any atom is -0.480 e. The molecule has 3 fully saturated rings. The van der Waals surface area contributed by atoms with Crippen LogP contribution in [0.2, 0.25) is 0 Å². The van der Waals surface area contributed by atoms with Gasteiger partial charge in [0.25, 0.3) is 0 Å². The van der Waals surface area contributed by atoms with E-state index < -0.39 is 11.9 Å². The Hall–Kier alpha value is -1.93. The van der Waals surface area contributed by atoms with Gasteiger partial charge in [-0.2, -0.15) is 0 Å². The summed E-state index contributed by atoms with van der Waals surface area (Å²) < 4.78 is 0. The Labute approximate surface area is 195 Å². The van der Waals surface area contributed by atoms with Crippen molar-refractivity contribution in [3.8, 4) is 0 Å². The van der Waals surface area contributed by atoms with Crippen molar-refractivity contribution in [3.05, 3.63) is 11.6 Å². The molecular weight excluding hydrogens is 424 g/mol. The third kappa shape index (κ3) is 4.69. The Kier molecular flexibility index (Phi) is 6.87. The van der Waals surface area contributed by atoms with Crippen LogP contribution in [0.25, 0.3) is 0 Å². The number of nitrogens with zero attached hydrogens (tertiary/aromatic N) is 2. The molecule has 0 saturated heterocycles. The zero-order chi connectivity index (χ0) is 23.8. The van der Waals surface area contributed by atoms with Crippen molar-refractivity contribution in [1.82, 2.24) is 4.90 Å². The molecule has 0 aromatic rings. The van der Waals surface area contributed by atoms with Crippen LogP contribution in [0.3, 0.4) is 0 Å².